The van der Waals surface area contributed by atoms with Crippen molar-refractivity contribution in [2.24, 2.45) is 5.41 Å². The van der Waals surface area contributed by atoms with Crippen LogP contribution in [0, 0.1) is 31.1 Å². The second kappa shape index (κ2) is 20.1. The zero-order chi connectivity index (χ0) is 38.2. The van der Waals surface area contributed by atoms with Gasteiger partial charge in [-0.3, -0.25) is 19.1 Å². The van der Waals surface area contributed by atoms with Crippen LogP contribution in [0.2, 0.25) is 0 Å². The molecule has 3 aromatic rings. The Kier molecular flexibility index (Phi) is 16.6. The number of nitrogens with zero attached hydrogens (tertiary/aromatic N) is 2. The van der Waals surface area contributed by atoms with Gasteiger partial charge >= 0.3 is 0 Å². The molecule has 10 nitrogen and oxygen atoms in total. The van der Waals surface area contributed by atoms with Crippen molar-refractivity contribution < 1.29 is 22.8 Å². The normalized spacial score (nSPS) is 16.7. The van der Waals surface area contributed by atoms with Crippen LogP contribution in [0.15, 0.2) is 73.1 Å². The number of rotatable bonds is 10. The molecule has 272 valence electrons. The number of thiazole rings is 1. The molecule has 0 radical (unpaired) electrons. The predicted molar refractivity (Wildman–Crippen MR) is 208 cm³/mol. The van der Waals surface area contributed by atoms with E-state index in [4.69, 9.17) is 4.98 Å². The van der Waals surface area contributed by atoms with E-state index in [1.54, 1.807) is 9.62 Å². The molecule has 0 bridgehead atoms. The second-order valence-corrected chi connectivity index (χ2v) is 15.7. The average molecular weight is 732 g/mol. The number of likely N-dealkylation sites (tertiary alicyclic amines) is 1. The summed E-state index contributed by atoms with van der Waals surface area (Å²) in [5, 5.41) is 8.93. The SMILES string of the molecule is C#C.C#C.C=C.CC(C)(C)[C@H](Nc1nc(-c2ccc(-c3ccccc3)cc2)cs1)C(=O)N1CCC[C@H]1C(=O)NC1CC1.O=CNS(=O)(=O)C1CC1. The number of benzene rings is 2. The molecular weight excluding hydrogens is 683 g/mol. The number of aromatic nitrogens is 1. The van der Waals surface area contributed by atoms with Crippen molar-refractivity contribution in [2.45, 2.75) is 82.7 Å². The minimum Gasteiger partial charge on any atom is -0.352 e. The molecule has 2 aromatic carbocycles. The van der Waals surface area contributed by atoms with E-state index < -0.39 is 16.1 Å². The summed E-state index contributed by atoms with van der Waals surface area (Å²) in [6.07, 6.45) is 21.2. The van der Waals surface area contributed by atoms with Gasteiger partial charge in [-0.25, -0.2) is 13.4 Å². The van der Waals surface area contributed by atoms with E-state index in [2.05, 4.69) is 107 Å². The van der Waals surface area contributed by atoms with E-state index in [9.17, 15) is 22.8 Å². The van der Waals surface area contributed by atoms with Crippen molar-refractivity contribution >= 4 is 44.7 Å². The molecule has 2 aliphatic carbocycles. The number of terminal acetylenes is 2. The van der Waals surface area contributed by atoms with Crippen LogP contribution < -0.4 is 15.4 Å². The standard InChI is InChI=1S/C29H34N4O2S.C4H7NO3S.C2H4.2C2H2/c1-29(2,3)25(27(35)33-17-7-10-24(33)26(34)30-22-15-16-22)32-28-31-23(18-36-28)21-13-11-20(12-14-21)19-8-5-4-6-9-19;6-3-5-9(7,8)4-1-2-4;3*1-2/h4-6,8-9,11-14,18,22,24-25H,7,10,15-17H2,1-3H3,(H,30,34)(H,31,32);3-4H,1-2H2,(H,5,6);1-2H2;2*1-2H/t24-,25+;;;;/m0..../s1. The number of amides is 3. The van der Waals surface area contributed by atoms with Crippen LogP contribution in [0.4, 0.5) is 5.13 Å². The molecule has 0 spiro atoms. The Morgan fingerprint density at radius 2 is 1.49 bits per heavy atom. The molecular formula is C39H49N5O5S2. The molecule has 1 aromatic heterocycles. The molecule has 3 N–H and O–H groups in total. The lowest BCUT2D eigenvalue weighted by atomic mass is 9.85. The van der Waals surface area contributed by atoms with Crippen molar-refractivity contribution in [2.75, 3.05) is 11.9 Å². The first-order valence-electron chi connectivity index (χ1n) is 16.6. The molecule has 2 atom stereocenters. The van der Waals surface area contributed by atoms with Gasteiger partial charge in [0.2, 0.25) is 28.2 Å². The summed E-state index contributed by atoms with van der Waals surface area (Å²) in [5.41, 5.74) is 3.92. The number of carbonyl (C=O) groups excluding carboxylic acids is 3. The fourth-order valence-corrected chi connectivity index (χ4v) is 7.08. The van der Waals surface area contributed by atoms with E-state index in [0.717, 1.165) is 42.5 Å². The first kappa shape index (κ1) is 42.3. The Hall–Kier alpha value is -4.91. The lowest BCUT2D eigenvalue weighted by Gasteiger charge is -2.35. The van der Waals surface area contributed by atoms with Crippen molar-refractivity contribution in [3.8, 4) is 48.1 Å². The smallest absolute Gasteiger partial charge is 0.246 e. The summed E-state index contributed by atoms with van der Waals surface area (Å²) >= 11 is 1.50. The highest BCUT2D eigenvalue weighted by atomic mass is 32.2. The number of anilines is 1. The molecule has 3 amide bonds. The number of hydrogen-bond donors (Lipinski definition) is 3. The van der Waals surface area contributed by atoms with Crippen LogP contribution in [-0.4, -0.2) is 66.4 Å². The summed E-state index contributed by atoms with van der Waals surface area (Å²) in [6.45, 7) is 12.8. The summed E-state index contributed by atoms with van der Waals surface area (Å²) in [4.78, 5) is 42.7. The van der Waals surface area contributed by atoms with Crippen LogP contribution in [0.5, 0.6) is 0 Å². The molecule has 51 heavy (non-hydrogen) atoms. The van der Waals surface area contributed by atoms with Gasteiger partial charge < -0.3 is 15.5 Å². The fraction of sp³-hybridized carbons (Fsp3) is 0.385. The maximum Gasteiger partial charge on any atom is 0.246 e. The first-order chi connectivity index (χ1) is 24.5. The van der Waals surface area contributed by atoms with Crippen molar-refractivity contribution in [1.29, 1.82) is 0 Å². The fourth-order valence-electron chi connectivity index (χ4n) is 5.24. The highest BCUT2D eigenvalue weighted by molar-refractivity contribution is 7.90. The zero-order valence-electron chi connectivity index (χ0n) is 29.6. The van der Waals surface area contributed by atoms with Gasteiger partial charge in [0.05, 0.1) is 10.9 Å². The van der Waals surface area contributed by atoms with Gasteiger partial charge in [-0.15, -0.1) is 50.2 Å². The highest BCUT2D eigenvalue weighted by Gasteiger charge is 2.42. The largest absolute Gasteiger partial charge is 0.352 e. The molecule has 1 aliphatic heterocycles. The van der Waals surface area contributed by atoms with E-state index in [1.807, 2.05) is 23.6 Å². The molecule has 3 fully saturated rings. The third-order valence-corrected chi connectivity index (χ3v) is 10.7. The van der Waals surface area contributed by atoms with Crippen LogP contribution in [-0.2, 0) is 24.4 Å². The van der Waals surface area contributed by atoms with E-state index in [1.165, 1.54) is 16.9 Å². The Morgan fingerprint density at radius 3 is 2.02 bits per heavy atom. The summed E-state index contributed by atoms with van der Waals surface area (Å²) in [6, 6.07) is 18.1. The quantitative estimate of drug-likeness (QED) is 0.130. The Balaban J connectivity index is 0.000000510. The van der Waals surface area contributed by atoms with E-state index in [-0.39, 0.29) is 34.9 Å². The van der Waals surface area contributed by atoms with Crippen molar-refractivity contribution in [3.63, 3.8) is 0 Å². The highest BCUT2D eigenvalue weighted by Crippen LogP contribution is 2.32. The van der Waals surface area contributed by atoms with Gasteiger partial charge in [0, 0.05) is 23.5 Å². The van der Waals surface area contributed by atoms with E-state index in [0.29, 0.717) is 30.6 Å². The van der Waals surface area contributed by atoms with Crippen LogP contribution in [0.3, 0.4) is 0 Å². The Labute approximate surface area is 307 Å². The van der Waals surface area contributed by atoms with Crippen LogP contribution in [0.1, 0.15) is 59.3 Å². The van der Waals surface area contributed by atoms with Crippen molar-refractivity contribution in [1.82, 2.24) is 19.9 Å². The van der Waals surface area contributed by atoms with Gasteiger partial charge in [-0.1, -0.05) is 75.4 Å². The molecule has 0 unspecified atom stereocenters. The van der Waals surface area contributed by atoms with Gasteiger partial charge in [-0.05, 0) is 55.1 Å². The minimum atomic E-state index is -3.26. The van der Waals surface area contributed by atoms with Gasteiger partial charge in [0.25, 0.3) is 0 Å². The Bertz CT molecular complexity index is 1700. The number of nitrogens with one attached hydrogen (secondary N) is 3. The lowest BCUT2D eigenvalue weighted by molar-refractivity contribution is -0.140. The number of sulfonamides is 1. The average Bonchev–Trinajstić information content (AvgIpc) is 4.07. The monoisotopic (exact) mass is 731 g/mol. The second-order valence-electron chi connectivity index (χ2n) is 12.9. The number of carbonyl (C=O) groups is 3. The predicted octanol–water partition coefficient (Wildman–Crippen LogP) is 6.10. The summed E-state index contributed by atoms with van der Waals surface area (Å²) < 4.78 is 23.1. The molecule has 6 rings (SSSR count). The van der Waals surface area contributed by atoms with Crippen LogP contribution >= 0.6 is 11.3 Å². The molecule has 1 saturated heterocycles. The van der Waals surface area contributed by atoms with Crippen molar-refractivity contribution in [3.05, 3.63) is 73.1 Å². The maximum absolute atomic E-state index is 13.7. The molecule has 2 heterocycles. The molecule has 2 saturated carbocycles. The molecule has 12 heteroatoms. The topological polar surface area (TPSA) is 138 Å². The molecule has 3 aliphatic rings. The van der Waals surface area contributed by atoms with E-state index >= 15 is 0 Å². The summed E-state index contributed by atoms with van der Waals surface area (Å²) in [7, 11) is -3.26. The maximum atomic E-state index is 13.7. The Morgan fingerprint density at radius 1 is 0.922 bits per heavy atom. The third kappa shape index (κ3) is 12.4. The zero-order valence-corrected chi connectivity index (χ0v) is 31.2. The number of hydrogen-bond acceptors (Lipinski definition) is 8. The van der Waals surface area contributed by atoms with Crippen LogP contribution in [0.25, 0.3) is 22.4 Å². The van der Waals surface area contributed by atoms with Gasteiger partial charge in [0.15, 0.2) is 5.13 Å². The first-order valence-corrected chi connectivity index (χ1v) is 19.0. The minimum absolute atomic E-state index is 0.00788. The van der Waals surface area contributed by atoms with Gasteiger partial charge in [0.1, 0.15) is 12.1 Å². The van der Waals surface area contributed by atoms with Gasteiger partial charge in [-0.2, -0.15) is 0 Å². The third-order valence-electron chi connectivity index (χ3n) is 8.11. The lowest BCUT2D eigenvalue weighted by Crippen LogP contribution is -2.54. The summed E-state index contributed by atoms with van der Waals surface area (Å²) in [5.74, 6) is -0.0357.